The van der Waals surface area contributed by atoms with Crippen LogP contribution >= 0.6 is 11.3 Å². The molecule has 2 rings (SSSR count). The minimum atomic E-state index is -0.418. The van der Waals surface area contributed by atoms with Gasteiger partial charge in [-0.05, 0) is 47.1 Å². The first-order chi connectivity index (χ1) is 12.7. The van der Waals surface area contributed by atoms with E-state index in [0.29, 0.717) is 41.0 Å². The fourth-order valence-electron chi connectivity index (χ4n) is 2.34. The van der Waals surface area contributed by atoms with Crippen LogP contribution in [0.25, 0.3) is 0 Å². The number of thiazole rings is 1. The topological polar surface area (TPSA) is 106 Å². The molecule has 0 aliphatic rings. The zero-order chi connectivity index (χ0) is 20.0. The van der Waals surface area contributed by atoms with E-state index in [1.165, 1.54) is 0 Å². The number of esters is 1. The maximum Gasteiger partial charge on any atom is 0.350 e. The van der Waals surface area contributed by atoms with Gasteiger partial charge in [0.15, 0.2) is 5.13 Å². The Hall–Kier alpha value is -2.55. The summed E-state index contributed by atoms with van der Waals surface area (Å²) in [7, 11) is 0. The summed E-state index contributed by atoms with van der Waals surface area (Å²) in [5.41, 5.74) is 2.34. The summed E-state index contributed by atoms with van der Waals surface area (Å²) in [6.45, 7) is 9.70. The highest BCUT2D eigenvalue weighted by Gasteiger charge is 2.18. The van der Waals surface area contributed by atoms with Crippen molar-refractivity contribution in [2.24, 2.45) is 0 Å². The van der Waals surface area contributed by atoms with E-state index in [1.807, 2.05) is 19.9 Å². The molecule has 0 aromatic carbocycles. The quantitative estimate of drug-likeness (QED) is 0.525. The fourth-order valence-corrected chi connectivity index (χ4v) is 3.21. The Bertz CT molecular complexity index is 799. The molecule has 0 radical (unpaired) electrons. The Morgan fingerprint density at radius 2 is 1.81 bits per heavy atom. The molecule has 2 heterocycles. The van der Waals surface area contributed by atoms with Crippen molar-refractivity contribution in [3.63, 3.8) is 0 Å². The van der Waals surface area contributed by atoms with Gasteiger partial charge in [-0.25, -0.2) is 19.7 Å². The standard InChI is InChI=1S/C18H25N5O3S/c1-10(2)26-16(25)15-13(5)22-18(27-15)23-14(24)7-6-8-19-17-20-11(3)9-12(4)21-17/h9-10H,6-8H2,1-5H3,(H,19,20,21)(H,22,23,24). The third kappa shape index (κ3) is 6.59. The molecular formula is C18H25N5O3S. The third-order valence-corrected chi connectivity index (χ3v) is 4.47. The van der Waals surface area contributed by atoms with Crippen LogP contribution in [0.4, 0.5) is 11.1 Å². The third-order valence-electron chi connectivity index (χ3n) is 3.42. The molecule has 0 saturated heterocycles. The lowest BCUT2D eigenvalue weighted by Gasteiger charge is -2.06. The summed E-state index contributed by atoms with van der Waals surface area (Å²) in [4.78, 5) is 37.3. The van der Waals surface area contributed by atoms with E-state index >= 15 is 0 Å². The van der Waals surface area contributed by atoms with Gasteiger partial charge < -0.3 is 15.4 Å². The molecule has 2 aromatic heterocycles. The smallest absolute Gasteiger partial charge is 0.350 e. The van der Waals surface area contributed by atoms with Crippen LogP contribution in [-0.4, -0.2) is 39.5 Å². The number of ether oxygens (including phenoxy) is 1. The molecule has 9 heteroatoms. The number of anilines is 2. The molecule has 1 amide bonds. The predicted octanol–water partition coefficient (Wildman–Crippen LogP) is 3.25. The number of hydrogen-bond donors (Lipinski definition) is 2. The van der Waals surface area contributed by atoms with Crippen LogP contribution in [0.1, 0.15) is 53.4 Å². The van der Waals surface area contributed by atoms with E-state index in [0.717, 1.165) is 22.7 Å². The summed E-state index contributed by atoms with van der Waals surface area (Å²) < 4.78 is 5.17. The summed E-state index contributed by atoms with van der Waals surface area (Å²) in [5, 5.41) is 6.25. The highest BCUT2D eigenvalue weighted by Crippen LogP contribution is 2.24. The van der Waals surface area contributed by atoms with Crippen LogP contribution in [0.15, 0.2) is 6.07 Å². The van der Waals surface area contributed by atoms with Gasteiger partial charge in [0.1, 0.15) is 4.88 Å². The summed E-state index contributed by atoms with van der Waals surface area (Å²) in [6.07, 6.45) is 0.738. The molecule has 146 valence electrons. The number of aryl methyl sites for hydroxylation is 3. The van der Waals surface area contributed by atoms with Crippen LogP contribution in [0.3, 0.4) is 0 Å². The molecule has 27 heavy (non-hydrogen) atoms. The molecule has 0 aliphatic heterocycles. The zero-order valence-electron chi connectivity index (χ0n) is 16.3. The lowest BCUT2D eigenvalue weighted by Crippen LogP contribution is -2.14. The number of nitrogens with zero attached hydrogens (tertiary/aromatic N) is 3. The molecule has 0 aliphatic carbocycles. The number of hydrogen-bond acceptors (Lipinski definition) is 8. The second kappa shape index (κ2) is 9.40. The lowest BCUT2D eigenvalue weighted by atomic mass is 10.3. The molecule has 2 N–H and O–H groups in total. The lowest BCUT2D eigenvalue weighted by molar-refractivity contribution is -0.116. The Balaban J connectivity index is 1.79. The van der Waals surface area contributed by atoms with Gasteiger partial charge in [0.2, 0.25) is 11.9 Å². The second-order valence-electron chi connectivity index (χ2n) is 6.44. The van der Waals surface area contributed by atoms with E-state index in [1.54, 1.807) is 20.8 Å². The number of rotatable bonds is 8. The van der Waals surface area contributed by atoms with Crippen LogP contribution in [0.2, 0.25) is 0 Å². The average molecular weight is 391 g/mol. The molecule has 0 bridgehead atoms. The zero-order valence-corrected chi connectivity index (χ0v) is 17.1. The first-order valence-corrected chi connectivity index (χ1v) is 9.60. The normalized spacial score (nSPS) is 10.7. The highest BCUT2D eigenvalue weighted by molar-refractivity contribution is 7.17. The molecule has 0 fully saturated rings. The highest BCUT2D eigenvalue weighted by atomic mass is 32.1. The molecule has 8 nitrogen and oxygen atoms in total. The first kappa shape index (κ1) is 20.8. The van der Waals surface area contributed by atoms with Crippen molar-refractivity contribution < 1.29 is 14.3 Å². The van der Waals surface area contributed by atoms with E-state index in [-0.39, 0.29) is 12.0 Å². The van der Waals surface area contributed by atoms with Gasteiger partial charge in [0.25, 0.3) is 0 Å². The summed E-state index contributed by atoms with van der Waals surface area (Å²) >= 11 is 1.12. The SMILES string of the molecule is Cc1cc(C)nc(NCCCC(=O)Nc2nc(C)c(C(=O)OC(C)C)s2)n1. The first-order valence-electron chi connectivity index (χ1n) is 8.79. The molecular weight excluding hydrogens is 366 g/mol. The van der Waals surface area contributed by atoms with Gasteiger partial charge in [-0.15, -0.1) is 0 Å². The van der Waals surface area contributed by atoms with Gasteiger partial charge in [-0.1, -0.05) is 11.3 Å². The molecule has 0 saturated carbocycles. The number of carbonyl (C=O) groups is 2. The minimum absolute atomic E-state index is 0.157. The van der Waals surface area contributed by atoms with E-state index in [4.69, 9.17) is 4.74 Å². The van der Waals surface area contributed by atoms with Crippen molar-refractivity contribution in [1.82, 2.24) is 15.0 Å². The van der Waals surface area contributed by atoms with Gasteiger partial charge >= 0.3 is 5.97 Å². The van der Waals surface area contributed by atoms with E-state index in [2.05, 4.69) is 25.6 Å². The molecule has 0 unspecified atom stereocenters. The van der Waals surface area contributed by atoms with Crippen molar-refractivity contribution in [3.8, 4) is 0 Å². The van der Waals surface area contributed by atoms with E-state index < -0.39 is 5.97 Å². The fraction of sp³-hybridized carbons (Fsp3) is 0.500. The van der Waals surface area contributed by atoms with Crippen LogP contribution < -0.4 is 10.6 Å². The van der Waals surface area contributed by atoms with Crippen molar-refractivity contribution in [2.45, 2.75) is 53.6 Å². The maximum absolute atomic E-state index is 12.1. The Morgan fingerprint density at radius 3 is 2.44 bits per heavy atom. The molecule has 0 spiro atoms. The maximum atomic E-state index is 12.1. The van der Waals surface area contributed by atoms with Crippen LogP contribution in [0.5, 0.6) is 0 Å². The minimum Gasteiger partial charge on any atom is -0.459 e. The van der Waals surface area contributed by atoms with Gasteiger partial charge in [-0.3, -0.25) is 4.79 Å². The summed E-state index contributed by atoms with van der Waals surface area (Å²) in [5.74, 6) is -0.00872. The van der Waals surface area contributed by atoms with Crippen molar-refractivity contribution in [1.29, 1.82) is 0 Å². The molecule has 0 atom stereocenters. The van der Waals surface area contributed by atoms with E-state index in [9.17, 15) is 9.59 Å². The van der Waals surface area contributed by atoms with Crippen molar-refractivity contribution in [3.05, 3.63) is 28.0 Å². The van der Waals surface area contributed by atoms with Gasteiger partial charge in [0.05, 0.1) is 11.8 Å². The number of carbonyl (C=O) groups excluding carboxylic acids is 2. The summed E-state index contributed by atoms with van der Waals surface area (Å²) in [6, 6.07) is 1.90. The van der Waals surface area contributed by atoms with Crippen LogP contribution in [0, 0.1) is 20.8 Å². The van der Waals surface area contributed by atoms with Crippen molar-refractivity contribution >= 4 is 34.3 Å². The number of amides is 1. The monoisotopic (exact) mass is 391 g/mol. The average Bonchev–Trinajstić information content (AvgIpc) is 2.90. The Kier molecular flexibility index (Phi) is 7.23. The van der Waals surface area contributed by atoms with Gasteiger partial charge in [-0.2, -0.15) is 0 Å². The van der Waals surface area contributed by atoms with Crippen molar-refractivity contribution in [2.75, 3.05) is 17.2 Å². The van der Waals surface area contributed by atoms with Gasteiger partial charge in [0, 0.05) is 24.4 Å². The number of nitrogens with one attached hydrogen (secondary N) is 2. The largest absolute Gasteiger partial charge is 0.459 e. The van der Waals surface area contributed by atoms with Crippen LogP contribution in [-0.2, 0) is 9.53 Å². The second-order valence-corrected chi connectivity index (χ2v) is 7.44. The number of aromatic nitrogens is 3. The molecule has 2 aromatic rings. The Labute approximate surface area is 162 Å². The predicted molar refractivity (Wildman–Crippen MR) is 105 cm³/mol. The Morgan fingerprint density at radius 1 is 1.15 bits per heavy atom.